The summed E-state index contributed by atoms with van der Waals surface area (Å²) in [6.07, 6.45) is 8.41. The summed E-state index contributed by atoms with van der Waals surface area (Å²) < 4.78 is 0. The van der Waals surface area contributed by atoms with Gasteiger partial charge in [0.05, 0.1) is 5.69 Å². The molecule has 88 valence electrons. The molecule has 1 aliphatic carbocycles. The second-order valence-corrected chi connectivity index (χ2v) is 4.58. The van der Waals surface area contributed by atoms with Gasteiger partial charge in [0.25, 0.3) is 0 Å². The van der Waals surface area contributed by atoms with Gasteiger partial charge >= 0.3 is 0 Å². The second-order valence-electron chi connectivity index (χ2n) is 4.58. The highest BCUT2D eigenvalue weighted by Crippen LogP contribution is 2.23. The molecule has 16 heavy (non-hydrogen) atoms. The topological polar surface area (TPSA) is 63.8 Å². The molecule has 2 unspecified atom stereocenters. The molecular formula is C12H20N4. The van der Waals surface area contributed by atoms with Crippen molar-refractivity contribution in [3.05, 3.63) is 18.1 Å². The van der Waals surface area contributed by atoms with E-state index in [0.717, 1.165) is 24.5 Å². The lowest BCUT2D eigenvalue weighted by molar-refractivity contribution is 0.321. The summed E-state index contributed by atoms with van der Waals surface area (Å²) in [6, 6.07) is 0.346. The van der Waals surface area contributed by atoms with Crippen molar-refractivity contribution in [2.24, 2.45) is 11.7 Å². The number of nitrogens with two attached hydrogens (primary N) is 1. The van der Waals surface area contributed by atoms with E-state index < -0.39 is 0 Å². The SMILES string of the molecule is Cc1nccnc1NCC1CCCCC1N. The van der Waals surface area contributed by atoms with Crippen LogP contribution in [-0.2, 0) is 0 Å². The van der Waals surface area contributed by atoms with E-state index in [1.165, 1.54) is 19.3 Å². The van der Waals surface area contributed by atoms with Crippen LogP contribution >= 0.6 is 0 Å². The van der Waals surface area contributed by atoms with E-state index in [1.807, 2.05) is 6.92 Å². The molecule has 4 heteroatoms. The monoisotopic (exact) mass is 220 g/mol. The molecule has 3 N–H and O–H groups in total. The third-order valence-electron chi connectivity index (χ3n) is 3.38. The predicted octanol–water partition coefficient (Wildman–Crippen LogP) is 1.71. The zero-order valence-corrected chi connectivity index (χ0v) is 9.82. The maximum atomic E-state index is 6.11. The van der Waals surface area contributed by atoms with E-state index in [9.17, 15) is 0 Å². The summed E-state index contributed by atoms with van der Waals surface area (Å²) in [4.78, 5) is 8.48. The van der Waals surface area contributed by atoms with E-state index in [1.54, 1.807) is 12.4 Å². The quantitative estimate of drug-likeness (QED) is 0.814. The van der Waals surface area contributed by atoms with Gasteiger partial charge in [0, 0.05) is 25.0 Å². The Morgan fingerprint density at radius 1 is 1.31 bits per heavy atom. The molecule has 1 aromatic heterocycles. The molecular weight excluding hydrogens is 200 g/mol. The highest BCUT2D eigenvalue weighted by molar-refractivity contribution is 5.38. The number of hydrogen-bond acceptors (Lipinski definition) is 4. The van der Waals surface area contributed by atoms with Crippen LogP contribution in [-0.4, -0.2) is 22.6 Å². The minimum atomic E-state index is 0.346. The average Bonchev–Trinajstić information content (AvgIpc) is 2.30. The van der Waals surface area contributed by atoms with E-state index in [-0.39, 0.29) is 0 Å². The standard InChI is InChI=1S/C12H20N4/c1-9-12(15-7-6-14-9)16-8-10-4-2-3-5-11(10)13/h6-7,10-11H,2-5,8,13H2,1H3,(H,15,16). The van der Waals surface area contributed by atoms with Gasteiger partial charge in [0.1, 0.15) is 5.82 Å². The molecule has 0 aromatic carbocycles. The van der Waals surface area contributed by atoms with E-state index >= 15 is 0 Å². The molecule has 0 spiro atoms. The van der Waals surface area contributed by atoms with Crippen LogP contribution in [0.5, 0.6) is 0 Å². The molecule has 2 rings (SSSR count). The fraction of sp³-hybridized carbons (Fsp3) is 0.667. The molecule has 4 nitrogen and oxygen atoms in total. The van der Waals surface area contributed by atoms with Gasteiger partial charge in [-0.1, -0.05) is 12.8 Å². The molecule has 1 aliphatic rings. The van der Waals surface area contributed by atoms with Crippen LogP contribution in [0.3, 0.4) is 0 Å². The van der Waals surface area contributed by atoms with Crippen molar-refractivity contribution in [1.82, 2.24) is 9.97 Å². The van der Waals surface area contributed by atoms with Crippen LogP contribution in [0.2, 0.25) is 0 Å². The van der Waals surface area contributed by atoms with Crippen molar-refractivity contribution in [3.8, 4) is 0 Å². The Bertz CT molecular complexity index is 340. The lowest BCUT2D eigenvalue weighted by Gasteiger charge is -2.28. The third-order valence-corrected chi connectivity index (χ3v) is 3.38. The number of nitrogens with one attached hydrogen (secondary N) is 1. The van der Waals surface area contributed by atoms with Crippen molar-refractivity contribution in [3.63, 3.8) is 0 Å². The summed E-state index contributed by atoms with van der Waals surface area (Å²) in [5.41, 5.74) is 7.06. The van der Waals surface area contributed by atoms with Crippen LogP contribution in [0, 0.1) is 12.8 Å². The molecule has 1 heterocycles. The number of anilines is 1. The van der Waals surface area contributed by atoms with Crippen LogP contribution < -0.4 is 11.1 Å². The first kappa shape index (κ1) is 11.3. The lowest BCUT2D eigenvalue weighted by atomic mass is 9.85. The zero-order valence-electron chi connectivity index (χ0n) is 9.82. The third kappa shape index (κ3) is 2.70. The second kappa shape index (κ2) is 5.25. The molecule has 0 saturated heterocycles. The minimum Gasteiger partial charge on any atom is -0.368 e. The van der Waals surface area contributed by atoms with Crippen molar-refractivity contribution in [2.75, 3.05) is 11.9 Å². The fourth-order valence-corrected chi connectivity index (χ4v) is 2.30. The van der Waals surface area contributed by atoms with Gasteiger partial charge in [-0.05, 0) is 25.7 Å². The largest absolute Gasteiger partial charge is 0.368 e. The van der Waals surface area contributed by atoms with Crippen molar-refractivity contribution >= 4 is 5.82 Å². The summed E-state index contributed by atoms with van der Waals surface area (Å²) in [5.74, 6) is 1.47. The number of aryl methyl sites for hydroxylation is 1. The molecule has 2 atom stereocenters. The Labute approximate surface area is 96.7 Å². The first-order chi connectivity index (χ1) is 7.77. The van der Waals surface area contributed by atoms with Gasteiger partial charge < -0.3 is 11.1 Å². The normalized spacial score (nSPS) is 25.4. The lowest BCUT2D eigenvalue weighted by Crippen LogP contribution is -2.37. The Morgan fingerprint density at radius 3 is 2.81 bits per heavy atom. The van der Waals surface area contributed by atoms with Gasteiger partial charge in [0.15, 0.2) is 0 Å². The number of rotatable bonds is 3. The molecule has 0 aliphatic heterocycles. The Hall–Kier alpha value is -1.16. The summed E-state index contributed by atoms with van der Waals surface area (Å²) in [7, 11) is 0. The maximum Gasteiger partial charge on any atom is 0.147 e. The Kier molecular flexibility index (Phi) is 3.72. The molecule has 1 fully saturated rings. The first-order valence-corrected chi connectivity index (χ1v) is 6.04. The van der Waals surface area contributed by atoms with E-state index in [2.05, 4.69) is 15.3 Å². The minimum absolute atomic E-state index is 0.346. The van der Waals surface area contributed by atoms with Gasteiger partial charge in [-0.3, -0.25) is 4.98 Å². The van der Waals surface area contributed by atoms with Gasteiger partial charge in [-0.25, -0.2) is 4.98 Å². The van der Waals surface area contributed by atoms with Crippen molar-refractivity contribution in [1.29, 1.82) is 0 Å². The van der Waals surface area contributed by atoms with Crippen molar-refractivity contribution in [2.45, 2.75) is 38.6 Å². The Morgan fingerprint density at radius 2 is 2.06 bits per heavy atom. The summed E-state index contributed by atoms with van der Waals surface area (Å²) in [6.45, 7) is 2.89. The zero-order chi connectivity index (χ0) is 11.4. The molecule has 0 amide bonds. The van der Waals surface area contributed by atoms with Crippen LogP contribution in [0.1, 0.15) is 31.4 Å². The highest BCUT2D eigenvalue weighted by atomic mass is 15.0. The van der Waals surface area contributed by atoms with E-state index in [4.69, 9.17) is 5.73 Å². The molecule has 1 aromatic rings. The molecule has 0 bridgehead atoms. The van der Waals surface area contributed by atoms with Gasteiger partial charge in [-0.2, -0.15) is 0 Å². The first-order valence-electron chi connectivity index (χ1n) is 6.04. The summed E-state index contributed by atoms with van der Waals surface area (Å²) in [5, 5.41) is 3.36. The fourth-order valence-electron chi connectivity index (χ4n) is 2.30. The molecule has 0 radical (unpaired) electrons. The van der Waals surface area contributed by atoms with Crippen LogP contribution in [0.25, 0.3) is 0 Å². The van der Waals surface area contributed by atoms with Crippen molar-refractivity contribution < 1.29 is 0 Å². The maximum absolute atomic E-state index is 6.11. The van der Waals surface area contributed by atoms with Crippen LogP contribution in [0.15, 0.2) is 12.4 Å². The predicted molar refractivity (Wildman–Crippen MR) is 65.2 cm³/mol. The van der Waals surface area contributed by atoms with Gasteiger partial charge in [0.2, 0.25) is 0 Å². The number of hydrogen-bond donors (Lipinski definition) is 2. The number of nitrogens with zero attached hydrogens (tertiary/aromatic N) is 2. The Balaban J connectivity index is 1.89. The van der Waals surface area contributed by atoms with Crippen LogP contribution in [0.4, 0.5) is 5.82 Å². The summed E-state index contributed by atoms with van der Waals surface area (Å²) >= 11 is 0. The smallest absolute Gasteiger partial charge is 0.147 e. The number of aromatic nitrogens is 2. The highest BCUT2D eigenvalue weighted by Gasteiger charge is 2.21. The van der Waals surface area contributed by atoms with E-state index in [0.29, 0.717) is 12.0 Å². The van der Waals surface area contributed by atoms with Gasteiger partial charge in [-0.15, -0.1) is 0 Å². The molecule has 1 saturated carbocycles. The average molecular weight is 220 g/mol.